The number of nitrogens with zero attached hydrogens (tertiary/aromatic N) is 1. The summed E-state index contributed by atoms with van der Waals surface area (Å²) in [5.41, 5.74) is 0. The predicted octanol–water partition coefficient (Wildman–Crippen LogP) is 1.49. The summed E-state index contributed by atoms with van der Waals surface area (Å²) in [5, 5.41) is 3.55. The van der Waals surface area contributed by atoms with Gasteiger partial charge in [0.25, 0.3) is 0 Å². The van der Waals surface area contributed by atoms with E-state index in [4.69, 9.17) is 4.74 Å². The first-order valence-electron chi connectivity index (χ1n) is 6.25. The van der Waals surface area contributed by atoms with E-state index in [0.29, 0.717) is 6.04 Å². The van der Waals surface area contributed by atoms with Crippen LogP contribution in [0.2, 0.25) is 0 Å². The van der Waals surface area contributed by atoms with Crippen LogP contribution < -0.4 is 5.32 Å². The van der Waals surface area contributed by atoms with Crippen molar-refractivity contribution in [2.45, 2.75) is 45.2 Å². The number of likely N-dealkylation sites (N-methyl/N-ethyl adjacent to an activating group) is 1. The molecule has 1 fully saturated rings. The lowest BCUT2D eigenvalue weighted by Crippen LogP contribution is -2.33. The molecule has 2 atom stereocenters. The smallest absolute Gasteiger partial charge is 0.0591 e. The number of rotatable bonds is 7. The second-order valence-electron chi connectivity index (χ2n) is 4.64. The van der Waals surface area contributed by atoms with E-state index in [1.54, 1.807) is 0 Å². The highest BCUT2D eigenvalue weighted by molar-refractivity contribution is 4.84. The van der Waals surface area contributed by atoms with E-state index >= 15 is 0 Å². The van der Waals surface area contributed by atoms with Crippen LogP contribution >= 0.6 is 0 Å². The van der Waals surface area contributed by atoms with E-state index in [2.05, 4.69) is 31.1 Å². The van der Waals surface area contributed by atoms with Crippen LogP contribution in [0, 0.1) is 0 Å². The Hall–Kier alpha value is -0.120. The molecule has 0 saturated carbocycles. The maximum Gasteiger partial charge on any atom is 0.0591 e. The zero-order valence-corrected chi connectivity index (χ0v) is 10.5. The summed E-state index contributed by atoms with van der Waals surface area (Å²) >= 11 is 0. The van der Waals surface area contributed by atoms with Crippen molar-refractivity contribution in [3.63, 3.8) is 0 Å². The SMILES string of the molecule is CCCCOCCNC1CC(C)N(C)C1. The standard InChI is InChI=1S/C12H26N2O/c1-4-5-7-15-8-6-13-12-9-11(2)14(3)10-12/h11-13H,4-10H2,1-3H3. The van der Waals surface area contributed by atoms with E-state index in [0.717, 1.165) is 25.8 Å². The quantitative estimate of drug-likeness (QED) is 0.650. The van der Waals surface area contributed by atoms with Gasteiger partial charge in [-0.25, -0.2) is 0 Å². The molecule has 0 aromatic rings. The first-order valence-corrected chi connectivity index (χ1v) is 6.25. The van der Waals surface area contributed by atoms with Crippen LogP contribution in [0.15, 0.2) is 0 Å². The summed E-state index contributed by atoms with van der Waals surface area (Å²) in [4.78, 5) is 2.41. The molecule has 1 aliphatic rings. The highest BCUT2D eigenvalue weighted by atomic mass is 16.5. The van der Waals surface area contributed by atoms with Crippen LogP contribution in [-0.2, 0) is 4.74 Å². The summed E-state index contributed by atoms with van der Waals surface area (Å²) in [7, 11) is 2.20. The van der Waals surface area contributed by atoms with Gasteiger partial charge in [-0.1, -0.05) is 13.3 Å². The predicted molar refractivity (Wildman–Crippen MR) is 64.2 cm³/mol. The average Bonchev–Trinajstić information content (AvgIpc) is 2.52. The molecule has 1 saturated heterocycles. The van der Waals surface area contributed by atoms with Crippen LogP contribution in [-0.4, -0.2) is 50.3 Å². The van der Waals surface area contributed by atoms with E-state index in [1.807, 2.05) is 0 Å². The zero-order valence-electron chi connectivity index (χ0n) is 10.5. The number of hydrogen-bond acceptors (Lipinski definition) is 3. The molecule has 2 unspecified atom stereocenters. The summed E-state index contributed by atoms with van der Waals surface area (Å²) in [6.07, 6.45) is 3.67. The minimum absolute atomic E-state index is 0.666. The van der Waals surface area contributed by atoms with Gasteiger partial charge in [0.2, 0.25) is 0 Å². The molecule has 0 aromatic carbocycles. The fraction of sp³-hybridized carbons (Fsp3) is 1.00. The van der Waals surface area contributed by atoms with Crippen molar-refractivity contribution in [2.24, 2.45) is 0 Å². The van der Waals surface area contributed by atoms with E-state index < -0.39 is 0 Å². The van der Waals surface area contributed by atoms with Gasteiger partial charge in [0.05, 0.1) is 6.61 Å². The minimum Gasteiger partial charge on any atom is -0.380 e. The summed E-state index contributed by atoms with van der Waals surface area (Å²) in [5.74, 6) is 0. The highest BCUT2D eigenvalue weighted by Crippen LogP contribution is 2.14. The van der Waals surface area contributed by atoms with E-state index in [-0.39, 0.29) is 0 Å². The monoisotopic (exact) mass is 214 g/mol. The Morgan fingerprint density at radius 1 is 1.40 bits per heavy atom. The first-order chi connectivity index (χ1) is 7.24. The van der Waals surface area contributed by atoms with Gasteiger partial charge in [-0.3, -0.25) is 0 Å². The largest absolute Gasteiger partial charge is 0.380 e. The number of unbranched alkanes of at least 4 members (excludes halogenated alkanes) is 1. The zero-order chi connectivity index (χ0) is 11.1. The molecule has 0 aromatic heterocycles. The first kappa shape index (κ1) is 12.9. The summed E-state index contributed by atoms with van der Waals surface area (Å²) < 4.78 is 5.51. The maximum absolute atomic E-state index is 5.51. The number of hydrogen-bond donors (Lipinski definition) is 1. The number of ether oxygens (including phenoxy) is 1. The molecule has 0 aliphatic carbocycles. The second kappa shape index (κ2) is 7.20. The van der Waals surface area contributed by atoms with Crippen LogP contribution in [0.5, 0.6) is 0 Å². The average molecular weight is 214 g/mol. The van der Waals surface area contributed by atoms with Gasteiger partial charge in [-0.15, -0.1) is 0 Å². The van der Waals surface area contributed by atoms with Crippen molar-refractivity contribution >= 4 is 0 Å². The minimum atomic E-state index is 0.666. The molecule has 0 spiro atoms. The van der Waals surface area contributed by atoms with E-state index in [9.17, 15) is 0 Å². The molecule has 3 nitrogen and oxygen atoms in total. The molecule has 90 valence electrons. The molecule has 0 radical (unpaired) electrons. The van der Waals surface area contributed by atoms with Crippen LogP contribution in [0.3, 0.4) is 0 Å². The van der Waals surface area contributed by atoms with Gasteiger partial charge >= 0.3 is 0 Å². The van der Waals surface area contributed by atoms with Gasteiger partial charge in [-0.05, 0) is 26.8 Å². The van der Waals surface area contributed by atoms with Crippen molar-refractivity contribution < 1.29 is 4.74 Å². The number of nitrogens with one attached hydrogen (secondary N) is 1. The molecule has 3 heteroatoms. The fourth-order valence-corrected chi connectivity index (χ4v) is 2.03. The Morgan fingerprint density at radius 3 is 2.80 bits per heavy atom. The lowest BCUT2D eigenvalue weighted by Gasteiger charge is -2.13. The van der Waals surface area contributed by atoms with Crippen molar-refractivity contribution in [1.82, 2.24) is 10.2 Å². The van der Waals surface area contributed by atoms with E-state index in [1.165, 1.54) is 25.8 Å². The molecule has 1 aliphatic heterocycles. The molecular formula is C12H26N2O. The Labute approximate surface area is 94.2 Å². The lowest BCUT2D eigenvalue weighted by atomic mass is 10.2. The van der Waals surface area contributed by atoms with Gasteiger partial charge in [0.15, 0.2) is 0 Å². The van der Waals surface area contributed by atoms with Gasteiger partial charge in [0, 0.05) is 31.8 Å². The van der Waals surface area contributed by atoms with Gasteiger partial charge in [0.1, 0.15) is 0 Å². The molecule has 0 amide bonds. The van der Waals surface area contributed by atoms with Crippen LogP contribution in [0.25, 0.3) is 0 Å². The molecule has 1 N–H and O–H groups in total. The second-order valence-corrected chi connectivity index (χ2v) is 4.64. The lowest BCUT2D eigenvalue weighted by molar-refractivity contribution is 0.131. The summed E-state index contributed by atoms with van der Waals surface area (Å²) in [6.45, 7) is 8.43. The van der Waals surface area contributed by atoms with Crippen molar-refractivity contribution in [2.75, 3.05) is 33.4 Å². The number of likely N-dealkylation sites (tertiary alicyclic amines) is 1. The van der Waals surface area contributed by atoms with Gasteiger partial charge < -0.3 is 15.0 Å². The Bertz CT molecular complexity index is 154. The summed E-state index contributed by atoms with van der Waals surface area (Å²) in [6, 6.07) is 1.39. The van der Waals surface area contributed by atoms with Crippen LogP contribution in [0.1, 0.15) is 33.1 Å². The highest BCUT2D eigenvalue weighted by Gasteiger charge is 2.24. The topological polar surface area (TPSA) is 24.5 Å². The molecule has 15 heavy (non-hydrogen) atoms. The third-order valence-electron chi connectivity index (χ3n) is 3.21. The van der Waals surface area contributed by atoms with Crippen molar-refractivity contribution in [3.05, 3.63) is 0 Å². The third kappa shape index (κ3) is 4.96. The van der Waals surface area contributed by atoms with Crippen molar-refractivity contribution in [3.8, 4) is 0 Å². The third-order valence-corrected chi connectivity index (χ3v) is 3.21. The van der Waals surface area contributed by atoms with Gasteiger partial charge in [-0.2, -0.15) is 0 Å². The Morgan fingerprint density at radius 2 is 2.20 bits per heavy atom. The molecule has 1 rings (SSSR count). The fourth-order valence-electron chi connectivity index (χ4n) is 2.03. The molecular weight excluding hydrogens is 188 g/mol. The normalized spacial score (nSPS) is 27.4. The molecule has 0 bridgehead atoms. The maximum atomic E-state index is 5.51. The Balaban J connectivity index is 1.92. The van der Waals surface area contributed by atoms with Crippen LogP contribution in [0.4, 0.5) is 0 Å². The molecule has 1 heterocycles. The Kier molecular flexibility index (Phi) is 6.22. The van der Waals surface area contributed by atoms with Crippen molar-refractivity contribution in [1.29, 1.82) is 0 Å².